The maximum absolute atomic E-state index is 12.8. The SMILES string of the molecule is Cc1ccc(-c2ccn(-c3ccc4c5c([nH]c4c3)CCNCC5)c(=O)c2)cc1.Cl. The summed E-state index contributed by atoms with van der Waals surface area (Å²) >= 11 is 0. The Morgan fingerprint density at radius 1 is 0.897 bits per heavy atom. The number of nitrogens with one attached hydrogen (secondary N) is 2. The number of H-pyrrole nitrogens is 1. The van der Waals surface area contributed by atoms with E-state index >= 15 is 0 Å². The van der Waals surface area contributed by atoms with Crippen molar-refractivity contribution in [2.24, 2.45) is 0 Å². The molecular weight excluding hydrogens is 382 g/mol. The molecule has 1 aliphatic heterocycles. The van der Waals surface area contributed by atoms with Crippen LogP contribution in [-0.2, 0) is 12.8 Å². The predicted molar refractivity (Wildman–Crippen MR) is 122 cm³/mol. The molecule has 0 unspecified atom stereocenters. The van der Waals surface area contributed by atoms with Crippen LogP contribution < -0.4 is 10.9 Å². The average molecular weight is 406 g/mol. The average Bonchev–Trinajstić information content (AvgIpc) is 2.88. The van der Waals surface area contributed by atoms with Crippen molar-refractivity contribution in [2.45, 2.75) is 19.8 Å². The molecule has 2 aromatic heterocycles. The number of hydrogen-bond acceptors (Lipinski definition) is 2. The van der Waals surface area contributed by atoms with Crippen molar-refractivity contribution in [2.75, 3.05) is 13.1 Å². The van der Waals surface area contributed by atoms with Gasteiger partial charge in [0.1, 0.15) is 0 Å². The van der Waals surface area contributed by atoms with E-state index in [-0.39, 0.29) is 18.0 Å². The minimum absolute atomic E-state index is 0. The predicted octanol–water partition coefficient (Wildman–Crippen LogP) is 4.40. The van der Waals surface area contributed by atoms with Gasteiger partial charge in [0.05, 0.1) is 5.69 Å². The molecule has 0 bridgehead atoms. The van der Waals surface area contributed by atoms with Gasteiger partial charge < -0.3 is 10.3 Å². The zero-order valence-electron chi connectivity index (χ0n) is 16.4. The highest BCUT2D eigenvalue weighted by Gasteiger charge is 2.14. The molecule has 0 amide bonds. The summed E-state index contributed by atoms with van der Waals surface area (Å²) in [6.07, 6.45) is 3.93. The van der Waals surface area contributed by atoms with Crippen molar-refractivity contribution in [3.05, 3.63) is 88.0 Å². The standard InChI is InChI=1S/C24H23N3O.ClH/c1-16-2-4-17(5-3-16)18-10-13-27(24(28)14-18)19-6-7-20-21-8-11-25-12-9-22(21)26-23(20)15-19;/h2-7,10,13-15,25-26H,8-9,11-12H2,1H3;1H. The van der Waals surface area contributed by atoms with Gasteiger partial charge in [-0.05, 0) is 54.8 Å². The monoisotopic (exact) mass is 405 g/mol. The van der Waals surface area contributed by atoms with Crippen LogP contribution in [0.1, 0.15) is 16.8 Å². The van der Waals surface area contributed by atoms with Crippen LogP contribution in [0.5, 0.6) is 0 Å². The molecule has 0 saturated carbocycles. The molecule has 0 atom stereocenters. The summed E-state index contributed by atoms with van der Waals surface area (Å²) in [7, 11) is 0. The third kappa shape index (κ3) is 3.61. The Kier molecular flexibility index (Phi) is 5.31. The van der Waals surface area contributed by atoms with Crippen LogP contribution in [0.3, 0.4) is 0 Å². The minimum Gasteiger partial charge on any atom is -0.358 e. The van der Waals surface area contributed by atoms with Gasteiger partial charge in [0.15, 0.2) is 0 Å². The molecule has 2 N–H and O–H groups in total. The van der Waals surface area contributed by atoms with Gasteiger partial charge in [-0.25, -0.2) is 0 Å². The molecule has 3 heterocycles. The first-order valence-corrected chi connectivity index (χ1v) is 9.83. The summed E-state index contributed by atoms with van der Waals surface area (Å²) in [5.74, 6) is 0. The van der Waals surface area contributed by atoms with Gasteiger partial charge in [-0.15, -0.1) is 12.4 Å². The van der Waals surface area contributed by atoms with Crippen molar-refractivity contribution in [1.29, 1.82) is 0 Å². The van der Waals surface area contributed by atoms with E-state index < -0.39 is 0 Å². The molecule has 4 nitrogen and oxygen atoms in total. The number of benzene rings is 2. The van der Waals surface area contributed by atoms with Crippen LogP contribution in [0.2, 0.25) is 0 Å². The summed E-state index contributed by atoms with van der Waals surface area (Å²) in [6, 6.07) is 18.2. The summed E-state index contributed by atoms with van der Waals surface area (Å²) in [4.78, 5) is 16.4. The van der Waals surface area contributed by atoms with Crippen LogP contribution in [-0.4, -0.2) is 22.6 Å². The van der Waals surface area contributed by atoms with E-state index in [1.165, 1.54) is 22.2 Å². The van der Waals surface area contributed by atoms with E-state index in [4.69, 9.17) is 0 Å². The number of fused-ring (bicyclic) bond motifs is 3. The molecule has 2 aromatic carbocycles. The second-order valence-corrected chi connectivity index (χ2v) is 7.55. The molecule has 5 heteroatoms. The minimum atomic E-state index is -0.0188. The van der Waals surface area contributed by atoms with E-state index in [0.29, 0.717) is 0 Å². The van der Waals surface area contributed by atoms with Crippen molar-refractivity contribution < 1.29 is 0 Å². The quantitative estimate of drug-likeness (QED) is 0.519. The maximum Gasteiger partial charge on any atom is 0.255 e. The highest BCUT2D eigenvalue weighted by molar-refractivity contribution is 5.86. The first-order chi connectivity index (χ1) is 13.7. The second kappa shape index (κ2) is 7.90. The Morgan fingerprint density at radius 3 is 2.48 bits per heavy atom. The van der Waals surface area contributed by atoms with Crippen molar-refractivity contribution in [3.63, 3.8) is 0 Å². The molecule has 148 valence electrons. The molecule has 1 aliphatic rings. The van der Waals surface area contributed by atoms with Gasteiger partial charge in [0, 0.05) is 41.8 Å². The van der Waals surface area contributed by atoms with Crippen molar-refractivity contribution >= 4 is 23.3 Å². The fourth-order valence-corrected chi connectivity index (χ4v) is 4.12. The smallest absolute Gasteiger partial charge is 0.255 e. The molecular formula is C24H24ClN3O. The number of aryl methyl sites for hydroxylation is 1. The molecule has 0 spiro atoms. The first-order valence-electron chi connectivity index (χ1n) is 9.83. The molecule has 29 heavy (non-hydrogen) atoms. The van der Waals surface area contributed by atoms with Crippen LogP contribution in [0.25, 0.3) is 27.7 Å². The number of aromatic nitrogens is 2. The van der Waals surface area contributed by atoms with Gasteiger partial charge in [-0.2, -0.15) is 0 Å². The summed E-state index contributed by atoms with van der Waals surface area (Å²) in [5.41, 5.74) is 7.93. The lowest BCUT2D eigenvalue weighted by atomic mass is 10.1. The Bertz CT molecular complexity index is 1220. The lowest BCUT2D eigenvalue weighted by molar-refractivity contribution is 0.708. The number of pyridine rings is 1. The molecule has 0 radical (unpaired) electrons. The fraction of sp³-hybridized carbons (Fsp3) is 0.208. The third-order valence-corrected chi connectivity index (χ3v) is 5.66. The Balaban J connectivity index is 0.00000205. The Morgan fingerprint density at radius 2 is 1.69 bits per heavy atom. The van der Waals surface area contributed by atoms with Crippen LogP contribution >= 0.6 is 12.4 Å². The van der Waals surface area contributed by atoms with E-state index in [2.05, 4.69) is 53.6 Å². The Hall–Kier alpha value is -2.82. The molecule has 4 aromatic rings. The lowest BCUT2D eigenvalue weighted by Crippen LogP contribution is -2.17. The molecule has 5 rings (SSSR count). The van der Waals surface area contributed by atoms with Crippen LogP contribution in [0, 0.1) is 6.92 Å². The number of rotatable bonds is 2. The van der Waals surface area contributed by atoms with Gasteiger partial charge in [0.2, 0.25) is 0 Å². The summed E-state index contributed by atoms with van der Waals surface area (Å²) in [5, 5.41) is 4.72. The molecule has 0 saturated heterocycles. The van der Waals surface area contributed by atoms with Gasteiger partial charge in [0.25, 0.3) is 5.56 Å². The largest absolute Gasteiger partial charge is 0.358 e. The maximum atomic E-state index is 12.8. The van der Waals surface area contributed by atoms with Crippen LogP contribution in [0.4, 0.5) is 0 Å². The highest BCUT2D eigenvalue weighted by Crippen LogP contribution is 2.26. The zero-order valence-corrected chi connectivity index (χ0v) is 17.2. The first kappa shape index (κ1) is 19.5. The molecule has 0 fully saturated rings. The van der Waals surface area contributed by atoms with Gasteiger partial charge in [-0.3, -0.25) is 9.36 Å². The number of hydrogen-bond donors (Lipinski definition) is 2. The topological polar surface area (TPSA) is 49.8 Å². The number of halogens is 1. The molecule has 0 aliphatic carbocycles. The number of aromatic amines is 1. The normalized spacial score (nSPS) is 13.6. The highest BCUT2D eigenvalue weighted by atomic mass is 35.5. The lowest BCUT2D eigenvalue weighted by Gasteiger charge is -2.08. The van der Waals surface area contributed by atoms with Gasteiger partial charge >= 0.3 is 0 Å². The summed E-state index contributed by atoms with van der Waals surface area (Å²) in [6.45, 7) is 4.09. The second-order valence-electron chi connectivity index (χ2n) is 7.55. The van der Waals surface area contributed by atoms with Gasteiger partial charge in [-0.1, -0.05) is 35.9 Å². The van der Waals surface area contributed by atoms with Crippen LogP contribution in [0.15, 0.2) is 65.6 Å². The van der Waals surface area contributed by atoms with Crippen molar-refractivity contribution in [1.82, 2.24) is 14.9 Å². The van der Waals surface area contributed by atoms with E-state index in [1.807, 2.05) is 18.3 Å². The Labute approximate surface area is 176 Å². The van der Waals surface area contributed by atoms with E-state index in [9.17, 15) is 4.79 Å². The number of nitrogens with zero attached hydrogens (tertiary/aromatic N) is 1. The van der Waals surface area contributed by atoms with E-state index in [0.717, 1.165) is 48.3 Å². The van der Waals surface area contributed by atoms with E-state index in [1.54, 1.807) is 10.6 Å². The van der Waals surface area contributed by atoms with Crippen molar-refractivity contribution in [3.8, 4) is 16.8 Å². The third-order valence-electron chi connectivity index (χ3n) is 5.66. The zero-order chi connectivity index (χ0) is 19.1. The fourth-order valence-electron chi connectivity index (χ4n) is 4.12. The summed E-state index contributed by atoms with van der Waals surface area (Å²) < 4.78 is 1.71.